The van der Waals surface area contributed by atoms with E-state index in [-0.39, 0.29) is 10.6 Å². The molecule has 1 aromatic rings. The van der Waals surface area contributed by atoms with E-state index in [9.17, 15) is 10.1 Å². The summed E-state index contributed by atoms with van der Waals surface area (Å²) in [7, 11) is 0. The standard InChI is InChI=1S/C16H25N3O2/c1-3-8-17-13-9-14(11-15(10-13)19(20)21)18-12-16(4-2)6-5-7-16/h9-11,17-18H,3-8,12H2,1-2H3. The third-order valence-electron chi connectivity index (χ3n) is 4.54. The van der Waals surface area contributed by atoms with Crippen LogP contribution in [0.15, 0.2) is 18.2 Å². The lowest BCUT2D eigenvalue weighted by Gasteiger charge is -2.41. The number of anilines is 2. The smallest absolute Gasteiger partial charge is 0.273 e. The van der Waals surface area contributed by atoms with Crippen LogP contribution in [0.3, 0.4) is 0 Å². The summed E-state index contributed by atoms with van der Waals surface area (Å²) < 4.78 is 0. The van der Waals surface area contributed by atoms with Crippen molar-refractivity contribution in [1.82, 2.24) is 0 Å². The molecule has 1 aliphatic carbocycles. The molecule has 0 heterocycles. The molecule has 1 aromatic carbocycles. The lowest BCUT2D eigenvalue weighted by atomic mass is 9.67. The fourth-order valence-electron chi connectivity index (χ4n) is 2.81. The van der Waals surface area contributed by atoms with Crippen LogP contribution in [0.25, 0.3) is 0 Å². The fourth-order valence-corrected chi connectivity index (χ4v) is 2.81. The third kappa shape index (κ3) is 3.86. The van der Waals surface area contributed by atoms with Gasteiger partial charge in [0.1, 0.15) is 0 Å². The monoisotopic (exact) mass is 291 g/mol. The van der Waals surface area contributed by atoms with E-state index in [0.717, 1.165) is 37.3 Å². The highest BCUT2D eigenvalue weighted by Crippen LogP contribution is 2.43. The van der Waals surface area contributed by atoms with E-state index in [1.165, 1.54) is 19.3 Å². The van der Waals surface area contributed by atoms with Gasteiger partial charge >= 0.3 is 0 Å². The van der Waals surface area contributed by atoms with Crippen LogP contribution in [-0.2, 0) is 0 Å². The molecule has 2 N–H and O–H groups in total. The molecule has 1 fully saturated rings. The van der Waals surface area contributed by atoms with E-state index in [2.05, 4.69) is 24.5 Å². The van der Waals surface area contributed by atoms with Crippen molar-refractivity contribution in [2.24, 2.45) is 5.41 Å². The zero-order chi connectivity index (χ0) is 15.3. The minimum absolute atomic E-state index is 0.137. The van der Waals surface area contributed by atoms with Crippen LogP contribution in [0.5, 0.6) is 0 Å². The second kappa shape index (κ2) is 6.78. The molecular weight excluding hydrogens is 266 g/mol. The Morgan fingerprint density at radius 1 is 1.19 bits per heavy atom. The topological polar surface area (TPSA) is 67.2 Å². The van der Waals surface area contributed by atoms with Gasteiger partial charge in [-0.2, -0.15) is 0 Å². The summed E-state index contributed by atoms with van der Waals surface area (Å²) in [6, 6.07) is 5.18. The van der Waals surface area contributed by atoms with Crippen LogP contribution < -0.4 is 10.6 Å². The second-order valence-electron chi connectivity index (χ2n) is 6.01. The summed E-state index contributed by atoms with van der Waals surface area (Å²) in [5, 5.41) is 17.7. The molecule has 1 saturated carbocycles. The molecule has 0 bridgehead atoms. The number of nitro groups is 1. The Bertz CT molecular complexity index is 493. The summed E-state index contributed by atoms with van der Waals surface area (Å²) in [5.41, 5.74) is 2.18. The number of hydrogen-bond donors (Lipinski definition) is 2. The van der Waals surface area contributed by atoms with Crippen molar-refractivity contribution in [3.63, 3.8) is 0 Å². The van der Waals surface area contributed by atoms with Gasteiger partial charge in [-0.1, -0.05) is 20.3 Å². The first-order chi connectivity index (χ1) is 10.1. The number of hydrogen-bond acceptors (Lipinski definition) is 4. The Morgan fingerprint density at radius 3 is 2.33 bits per heavy atom. The first-order valence-corrected chi connectivity index (χ1v) is 7.86. The largest absolute Gasteiger partial charge is 0.385 e. The highest BCUT2D eigenvalue weighted by Gasteiger charge is 2.34. The fraction of sp³-hybridized carbons (Fsp3) is 0.625. The van der Waals surface area contributed by atoms with Gasteiger partial charge in [0.05, 0.1) is 4.92 Å². The van der Waals surface area contributed by atoms with Gasteiger partial charge in [-0.05, 0) is 37.2 Å². The van der Waals surface area contributed by atoms with Crippen molar-refractivity contribution < 1.29 is 4.92 Å². The summed E-state index contributed by atoms with van der Waals surface area (Å²) in [5.74, 6) is 0. The molecule has 116 valence electrons. The number of nitrogens with one attached hydrogen (secondary N) is 2. The Hall–Kier alpha value is -1.78. The van der Waals surface area contributed by atoms with Crippen molar-refractivity contribution in [3.05, 3.63) is 28.3 Å². The molecule has 2 rings (SSSR count). The molecule has 0 unspecified atom stereocenters. The molecule has 0 amide bonds. The zero-order valence-electron chi connectivity index (χ0n) is 12.9. The summed E-state index contributed by atoms with van der Waals surface area (Å²) in [6.07, 6.45) is 5.97. The Kier molecular flexibility index (Phi) is 5.04. The first kappa shape index (κ1) is 15.6. The lowest BCUT2D eigenvalue weighted by molar-refractivity contribution is -0.384. The van der Waals surface area contributed by atoms with Crippen LogP contribution in [0.4, 0.5) is 17.1 Å². The van der Waals surface area contributed by atoms with Crippen molar-refractivity contribution in [2.75, 3.05) is 23.7 Å². The summed E-state index contributed by atoms with van der Waals surface area (Å²) in [6.45, 7) is 6.02. The molecular formula is C16H25N3O2. The predicted molar refractivity (Wildman–Crippen MR) is 86.9 cm³/mol. The quantitative estimate of drug-likeness (QED) is 0.550. The van der Waals surface area contributed by atoms with Gasteiger partial charge in [0, 0.05) is 36.6 Å². The number of nitro benzene ring substituents is 1. The van der Waals surface area contributed by atoms with Crippen LogP contribution in [0, 0.1) is 15.5 Å². The van der Waals surface area contributed by atoms with E-state index < -0.39 is 0 Å². The normalized spacial score (nSPS) is 16.1. The summed E-state index contributed by atoms with van der Waals surface area (Å²) in [4.78, 5) is 10.7. The van der Waals surface area contributed by atoms with Gasteiger partial charge in [0.2, 0.25) is 0 Å². The van der Waals surface area contributed by atoms with E-state index in [1.54, 1.807) is 12.1 Å². The summed E-state index contributed by atoms with van der Waals surface area (Å²) >= 11 is 0. The SMILES string of the molecule is CCCNc1cc(NCC2(CC)CCC2)cc([N+](=O)[O-])c1. The molecule has 0 radical (unpaired) electrons. The van der Waals surface area contributed by atoms with Crippen molar-refractivity contribution in [3.8, 4) is 0 Å². The number of benzene rings is 1. The van der Waals surface area contributed by atoms with Crippen molar-refractivity contribution in [1.29, 1.82) is 0 Å². The molecule has 5 heteroatoms. The van der Waals surface area contributed by atoms with Crippen LogP contribution >= 0.6 is 0 Å². The maximum atomic E-state index is 11.1. The first-order valence-electron chi connectivity index (χ1n) is 7.86. The van der Waals surface area contributed by atoms with Crippen LogP contribution in [0.1, 0.15) is 46.0 Å². The van der Waals surface area contributed by atoms with E-state index in [4.69, 9.17) is 0 Å². The Morgan fingerprint density at radius 2 is 1.86 bits per heavy atom. The van der Waals surface area contributed by atoms with Gasteiger partial charge in [0.15, 0.2) is 0 Å². The van der Waals surface area contributed by atoms with Gasteiger partial charge in [-0.15, -0.1) is 0 Å². The van der Waals surface area contributed by atoms with Gasteiger partial charge < -0.3 is 10.6 Å². The molecule has 1 aliphatic rings. The zero-order valence-corrected chi connectivity index (χ0v) is 12.9. The number of nitrogens with zero attached hydrogens (tertiary/aromatic N) is 1. The van der Waals surface area contributed by atoms with Crippen LogP contribution in [0.2, 0.25) is 0 Å². The minimum Gasteiger partial charge on any atom is -0.385 e. The molecule has 0 aromatic heterocycles. The number of non-ortho nitro benzene ring substituents is 1. The van der Waals surface area contributed by atoms with Gasteiger partial charge in [-0.25, -0.2) is 0 Å². The Labute approximate surface area is 126 Å². The van der Waals surface area contributed by atoms with Crippen LogP contribution in [-0.4, -0.2) is 18.0 Å². The van der Waals surface area contributed by atoms with E-state index in [1.807, 2.05) is 6.07 Å². The number of rotatable bonds is 8. The molecule has 21 heavy (non-hydrogen) atoms. The third-order valence-corrected chi connectivity index (χ3v) is 4.54. The molecule has 5 nitrogen and oxygen atoms in total. The maximum Gasteiger partial charge on any atom is 0.273 e. The highest BCUT2D eigenvalue weighted by molar-refractivity contribution is 5.63. The Balaban J connectivity index is 2.09. The van der Waals surface area contributed by atoms with Gasteiger partial charge in [-0.3, -0.25) is 10.1 Å². The average Bonchev–Trinajstić information content (AvgIpc) is 2.44. The predicted octanol–water partition coefficient (Wildman–Crippen LogP) is 4.41. The van der Waals surface area contributed by atoms with Gasteiger partial charge in [0.25, 0.3) is 5.69 Å². The molecule has 0 atom stereocenters. The van der Waals surface area contributed by atoms with E-state index >= 15 is 0 Å². The minimum atomic E-state index is -0.332. The molecule has 0 aliphatic heterocycles. The second-order valence-corrected chi connectivity index (χ2v) is 6.01. The highest BCUT2D eigenvalue weighted by atomic mass is 16.6. The van der Waals surface area contributed by atoms with Crippen molar-refractivity contribution in [2.45, 2.75) is 46.0 Å². The average molecular weight is 291 g/mol. The van der Waals surface area contributed by atoms with Crippen molar-refractivity contribution >= 4 is 17.1 Å². The van der Waals surface area contributed by atoms with E-state index in [0.29, 0.717) is 5.41 Å². The lowest BCUT2D eigenvalue weighted by Crippen LogP contribution is -2.35. The maximum absolute atomic E-state index is 11.1. The molecule has 0 saturated heterocycles. The molecule has 0 spiro atoms.